The highest BCUT2D eigenvalue weighted by molar-refractivity contribution is 4.91. The Morgan fingerprint density at radius 1 is 1.27 bits per heavy atom. The third-order valence-electron chi connectivity index (χ3n) is 2.29. The Morgan fingerprint density at radius 2 is 2.00 bits per heavy atom. The van der Waals surface area contributed by atoms with E-state index < -0.39 is 0 Å². The zero-order chi connectivity index (χ0) is 11.6. The van der Waals surface area contributed by atoms with Gasteiger partial charge in [-0.2, -0.15) is 5.26 Å². The minimum Gasteiger partial charge on any atom is -0.380 e. The maximum absolute atomic E-state index is 8.79. The molecule has 0 saturated heterocycles. The van der Waals surface area contributed by atoms with Crippen LogP contribution in [0.15, 0.2) is 0 Å². The average Bonchev–Trinajstić information content (AvgIpc) is 2.22. The molecule has 0 heterocycles. The van der Waals surface area contributed by atoms with Crippen LogP contribution in [0.25, 0.3) is 0 Å². The van der Waals surface area contributed by atoms with Crippen molar-refractivity contribution in [1.29, 1.82) is 5.26 Å². The summed E-state index contributed by atoms with van der Waals surface area (Å²) in [5, 5.41) is 12.1. The van der Waals surface area contributed by atoms with Crippen LogP contribution in [-0.4, -0.2) is 26.3 Å². The maximum Gasteiger partial charge on any atom is 0.0684 e. The van der Waals surface area contributed by atoms with Crippen molar-refractivity contribution >= 4 is 0 Å². The van der Waals surface area contributed by atoms with E-state index in [1.54, 1.807) is 0 Å². The molecule has 0 aliphatic rings. The zero-order valence-electron chi connectivity index (χ0n) is 10.3. The van der Waals surface area contributed by atoms with Gasteiger partial charge >= 0.3 is 0 Å². The summed E-state index contributed by atoms with van der Waals surface area (Å²) in [6.07, 6.45) is 3.21. The van der Waals surface area contributed by atoms with Gasteiger partial charge in [-0.25, -0.2) is 0 Å². The number of nitriles is 1. The topological polar surface area (TPSA) is 45.0 Å². The first-order valence-corrected chi connectivity index (χ1v) is 5.82. The Bertz CT molecular complexity index is 185. The first kappa shape index (κ1) is 14.4. The lowest BCUT2D eigenvalue weighted by atomic mass is 9.92. The highest BCUT2D eigenvalue weighted by Crippen LogP contribution is 2.16. The van der Waals surface area contributed by atoms with Gasteiger partial charge in [0, 0.05) is 13.2 Å². The number of rotatable bonds is 9. The van der Waals surface area contributed by atoms with Crippen LogP contribution in [0.4, 0.5) is 0 Å². The Morgan fingerprint density at radius 3 is 2.60 bits per heavy atom. The van der Waals surface area contributed by atoms with Crippen LogP contribution >= 0.6 is 0 Å². The molecule has 0 atom stereocenters. The zero-order valence-corrected chi connectivity index (χ0v) is 10.3. The standard InChI is InChI=1S/C12H24N2O/c1-4-5-9-15-10-8-14-7-6-12(2,3)11-13/h14H,4-10H2,1-3H3. The molecule has 3 nitrogen and oxygen atoms in total. The minimum atomic E-state index is -0.212. The summed E-state index contributed by atoms with van der Waals surface area (Å²) in [4.78, 5) is 0. The number of unbranched alkanes of at least 4 members (excludes halogenated alkanes) is 1. The summed E-state index contributed by atoms with van der Waals surface area (Å²) < 4.78 is 5.41. The van der Waals surface area contributed by atoms with Gasteiger partial charge in [0.1, 0.15) is 0 Å². The smallest absolute Gasteiger partial charge is 0.0684 e. The molecule has 88 valence electrons. The first-order chi connectivity index (χ1) is 7.12. The molecule has 0 aromatic carbocycles. The van der Waals surface area contributed by atoms with E-state index in [0.717, 1.165) is 39.1 Å². The molecule has 0 saturated carbocycles. The SMILES string of the molecule is CCCCOCCNCCC(C)(C)C#N. The number of ether oxygens (including phenoxy) is 1. The molecule has 0 unspecified atom stereocenters. The van der Waals surface area contributed by atoms with Crippen molar-refractivity contribution in [3.63, 3.8) is 0 Å². The molecule has 1 N–H and O–H groups in total. The lowest BCUT2D eigenvalue weighted by Gasteiger charge is -2.14. The molecule has 0 aromatic heterocycles. The molecule has 0 aliphatic carbocycles. The van der Waals surface area contributed by atoms with Crippen molar-refractivity contribution in [1.82, 2.24) is 5.32 Å². The second-order valence-electron chi connectivity index (χ2n) is 4.46. The van der Waals surface area contributed by atoms with E-state index in [-0.39, 0.29) is 5.41 Å². The van der Waals surface area contributed by atoms with E-state index in [0.29, 0.717) is 0 Å². The fourth-order valence-electron chi connectivity index (χ4n) is 1.07. The van der Waals surface area contributed by atoms with Crippen LogP contribution in [0.5, 0.6) is 0 Å². The Hall–Kier alpha value is -0.590. The fourth-order valence-corrected chi connectivity index (χ4v) is 1.07. The molecule has 0 aromatic rings. The third-order valence-corrected chi connectivity index (χ3v) is 2.29. The van der Waals surface area contributed by atoms with E-state index in [1.807, 2.05) is 13.8 Å². The molecule has 0 fully saturated rings. The monoisotopic (exact) mass is 212 g/mol. The van der Waals surface area contributed by atoms with Crippen molar-refractivity contribution in [2.75, 3.05) is 26.3 Å². The van der Waals surface area contributed by atoms with Gasteiger partial charge in [-0.15, -0.1) is 0 Å². The molecule has 3 heteroatoms. The van der Waals surface area contributed by atoms with E-state index in [4.69, 9.17) is 10.00 Å². The maximum atomic E-state index is 8.79. The summed E-state index contributed by atoms with van der Waals surface area (Å²) in [6, 6.07) is 2.29. The van der Waals surface area contributed by atoms with Crippen LogP contribution in [0.3, 0.4) is 0 Å². The lowest BCUT2D eigenvalue weighted by Crippen LogP contribution is -2.25. The highest BCUT2D eigenvalue weighted by Gasteiger charge is 2.14. The lowest BCUT2D eigenvalue weighted by molar-refractivity contribution is 0.132. The summed E-state index contributed by atoms with van der Waals surface area (Å²) in [5.74, 6) is 0. The largest absolute Gasteiger partial charge is 0.380 e. The van der Waals surface area contributed by atoms with E-state index in [1.165, 1.54) is 6.42 Å². The van der Waals surface area contributed by atoms with Crippen molar-refractivity contribution in [2.24, 2.45) is 5.41 Å². The second kappa shape index (κ2) is 8.70. The molecule has 0 spiro atoms. The average molecular weight is 212 g/mol. The van der Waals surface area contributed by atoms with Crippen LogP contribution < -0.4 is 5.32 Å². The van der Waals surface area contributed by atoms with Gasteiger partial charge in [0.25, 0.3) is 0 Å². The molecule has 0 rings (SSSR count). The van der Waals surface area contributed by atoms with Gasteiger partial charge in [0.2, 0.25) is 0 Å². The fraction of sp³-hybridized carbons (Fsp3) is 0.917. The van der Waals surface area contributed by atoms with E-state index in [9.17, 15) is 0 Å². The van der Waals surface area contributed by atoms with Crippen molar-refractivity contribution in [3.8, 4) is 6.07 Å². The Balaban J connectivity index is 3.16. The summed E-state index contributed by atoms with van der Waals surface area (Å²) in [5.41, 5.74) is -0.212. The van der Waals surface area contributed by atoms with Crippen molar-refractivity contribution in [2.45, 2.75) is 40.0 Å². The van der Waals surface area contributed by atoms with Crippen LogP contribution in [0, 0.1) is 16.7 Å². The number of hydrogen-bond acceptors (Lipinski definition) is 3. The molecular formula is C12H24N2O. The molecule has 0 radical (unpaired) electrons. The highest BCUT2D eigenvalue weighted by atomic mass is 16.5. The van der Waals surface area contributed by atoms with Crippen molar-refractivity contribution < 1.29 is 4.74 Å². The van der Waals surface area contributed by atoms with Gasteiger partial charge in [0.05, 0.1) is 18.1 Å². The van der Waals surface area contributed by atoms with Gasteiger partial charge in [-0.3, -0.25) is 0 Å². The third kappa shape index (κ3) is 9.71. The quantitative estimate of drug-likeness (QED) is 0.597. The normalized spacial score (nSPS) is 11.3. The summed E-state index contributed by atoms with van der Waals surface area (Å²) in [6.45, 7) is 9.49. The predicted octanol–water partition coefficient (Wildman–Crippen LogP) is 2.33. The predicted molar refractivity (Wildman–Crippen MR) is 62.6 cm³/mol. The molecule has 0 amide bonds. The summed E-state index contributed by atoms with van der Waals surface area (Å²) in [7, 11) is 0. The Labute approximate surface area is 93.8 Å². The van der Waals surface area contributed by atoms with Gasteiger partial charge in [-0.1, -0.05) is 13.3 Å². The van der Waals surface area contributed by atoms with Crippen LogP contribution in [0.2, 0.25) is 0 Å². The van der Waals surface area contributed by atoms with Gasteiger partial charge in [-0.05, 0) is 33.2 Å². The Kier molecular flexibility index (Phi) is 8.35. The molecule has 0 bridgehead atoms. The van der Waals surface area contributed by atoms with Gasteiger partial charge < -0.3 is 10.1 Å². The molecule has 0 aliphatic heterocycles. The minimum absolute atomic E-state index is 0.212. The van der Waals surface area contributed by atoms with Crippen molar-refractivity contribution in [3.05, 3.63) is 0 Å². The van der Waals surface area contributed by atoms with E-state index in [2.05, 4.69) is 18.3 Å². The van der Waals surface area contributed by atoms with Crippen LogP contribution in [-0.2, 0) is 4.74 Å². The molecular weight excluding hydrogens is 188 g/mol. The van der Waals surface area contributed by atoms with Gasteiger partial charge in [0.15, 0.2) is 0 Å². The molecule has 15 heavy (non-hydrogen) atoms. The number of hydrogen-bond donors (Lipinski definition) is 1. The number of nitrogens with one attached hydrogen (secondary N) is 1. The van der Waals surface area contributed by atoms with E-state index >= 15 is 0 Å². The first-order valence-electron chi connectivity index (χ1n) is 5.82. The van der Waals surface area contributed by atoms with Crippen LogP contribution in [0.1, 0.15) is 40.0 Å². The summed E-state index contributed by atoms with van der Waals surface area (Å²) >= 11 is 0. The second-order valence-corrected chi connectivity index (χ2v) is 4.46. The number of nitrogens with zero attached hydrogens (tertiary/aromatic N) is 1.